The second-order valence-electron chi connectivity index (χ2n) is 16.7. The van der Waals surface area contributed by atoms with Crippen molar-refractivity contribution < 1.29 is 43.8 Å². The molecule has 16 nitrogen and oxygen atoms in total. The molecule has 0 fully saturated rings. The van der Waals surface area contributed by atoms with Crippen LogP contribution in [0.25, 0.3) is 0 Å². The van der Waals surface area contributed by atoms with Gasteiger partial charge in [0.05, 0.1) is 19.3 Å². The van der Waals surface area contributed by atoms with E-state index in [0.29, 0.717) is 13.0 Å². The van der Waals surface area contributed by atoms with Crippen LogP contribution in [0.5, 0.6) is 0 Å². The fourth-order valence-corrected chi connectivity index (χ4v) is 6.50. The van der Waals surface area contributed by atoms with Gasteiger partial charge in [-0.2, -0.15) is 0 Å². The standard InChI is InChI=1S/C43H81N7O9/c1-10-12-13-14-15-16-17-18-19-20-21-22-23-24-25-44-41(57)38(31(8)52)47-34(54)26-45-40(56)35(28(3)4)48-42(58)36(29(5)6)49-43(59)37(30(7)11-2)50-39(55)33(27-51)46-32(9)53/h28-31,33,35-38,51-52H,10-27H2,1-9H3,(H,44,57)(H,45,56)(H,46,53)(H,47,54)(H,48,58)(H,49,59)(H,50,55)/t30-,31+,33-,35-,36-,37-,38-/m0/s1. The molecule has 0 aromatic heterocycles. The number of carbonyl (C=O) groups is 7. The van der Waals surface area contributed by atoms with Gasteiger partial charge in [0.25, 0.3) is 0 Å². The molecule has 0 saturated heterocycles. The van der Waals surface area contributed by atoms with Gasteiger partial charge in [-0.1, -0.05) is 138 Å². The van der Waals surface area contributed by atoms with Gasteiger partial charge in [-0.25, -0.2) is 0 Å². The van der Waals surface area contributed by atoms with Crippen LogP contribution in [0, 0.1) is 17.8 Å². The first-order valence-electron chi connectivity index (χ1n) is 22.2. The smallest absolute Gasteiger partial charge is 0.245 e. The maximum Gasteiger partial charge on any atom is 0.245 e. The van der Waals surface area contributed by atoms with Crippen molar-refractivity contribution in [3.8, 4) is 0 Å². The highest BCUT2D eigenvalue weighted by molar-refractivity contribution is 5.96. The van der Waals surface area contributed by atoms with E-state index in [1.807, 2.05) is 6.92 Å². The Labute approximate surface area is 354 Å². The zero-order valence-electron chi connectivity index (χ0n) is 37.7. The molecule has 0 bridgehead atoms. The Hall–Kier alpha value is -3.79. The Kier molecular flexibility index (Phi) is 30.0. The molecule has 0 unspecified atom stereocenters. The molecule has 0 heterocycles. The molecule has 7 amide bonds. The van der Waals surface area contributed by atoms with Gasteiger partial charge < -0.3 is 47.4 Å². The van der Waals surface area contributed by atoms with Crippen molar-refractivity contribution in [2.24, 2.45) is 17.8 Å². The average molecular weight is 840 g/mol. The van der Waals surface area contributed by atoms with E-state index >= 15 is 0 Å². The predicted molar refractivity (Wildman–Crippen MR) is 230 cm³/mol. The van der Waals surface area contributed by atoms with Crippen LogP contribution in [0.1, 0.15) is 159 Å². The number of hydrogen-bond donors (Lipinski definition) is 9. The molecule has 16 heteroatoms. The monoisotopic (exact) mass is 840 g/mol. The highest BCUT2D eigenvalue weighted by atomic mass is 16.3. The highest BCUT2D eigenvalue weighted by Gasteiger charge is 2.35. The number of amides is 7. The van der Waals surface area contributed by atoms with Gasteiger partial charge >= 0.3 is 0 Å². The van der Waals surface area contributed by atoms with Crippen molar-refractivity contribution in [3.05, 3.63) is 0 Å². The number of aliphatic hydroxyl groups is 2. The van der Waals surface area contributed by atoms with Crippen molar-refractivity contribution in [2.45, 2.75) is 195 Å². The molecule has 0 aromatic rings. The summed E-state index contributed by atoms with van der Waals surface area (Å²) >= 11 is 0. The van der Waals surface area contributed by atoms with Crippen LogP contribution >= 0.6 is 0 Å². The lowest BCUT2D eigenvalue weighted by Gasteiger charge is -2.30. The average Bonchev–Trinajstić information content (AvgIpc) is 3.18. The normalized spacial score (nSPS) is 14.9. The molecule has 0 aliphatic heterocycles. The van der Waals surface area contributed by atoms with Crippen LogP contribution in [0.4, 0.5) is 0 Å². The van der Waals surface area contributed by atoms with Crippen LogP contribution in [0.3, 0.4) is 0 Å². The van der Waals surface area contributed by atoms with E-state index in [9.17, 15) is 43.8 Å². The summed E-state index contributed by atoms with van der Waals surface area (Å²) in [4.78, 5) is 90.3. The predicted octanol–water partition coefficient (Wildman–Crippen LogP) is 2.88. The summed E-state index contributed by atoms with van der Waals surface area (Å²) in [5, 5.41) is 37.8. The summed E-state index contributed by atoms with van der Waals surface area (Å²) in [6.07, 6.45) is 16.4. The molecule has 0 spiro atoms. The van der Waals surface area contributed by atoms with E-state index in [0.717, 1.165) is 25.7 Å². The van der Waals surface area contributed by atoms with Crippen LogP contribution in [0.15, 0.2) is 0 Å². The van der Waals surface area contributed by atoms with Gasteiger partial charge in [0.15, 0.2) is 0 Å². The summed E-state index contributed by atoms with van der Waals surface area (Å²) in [5.41, 5.74) is 0. The minimum Gasteiger partial charge on any atom is -0.394 e. The SMILES string of the molecule is CCCCCCCCCCCCCCCCNC(=O)[C@@H](NC(=O)CNC(=O)[C@@H](NC(=O)[C@@H](NC(=O)[C@@H](NC(=O)[C@H](CO)NC(C)=O)[C@@H](C)CC)C(C)C)C(C)C)[C@@H](C)O. The highest BCUT2D eigenvalue weighted by Crippen LogP contribution is 2.14. The summed E-state index contributed by atoms with van der Waals surface area (Å²) in [6.45, 7) is 14.3. The number of nitrogens with one attached hydrogen (secondary N) is 7. The molecule has 59 heavy (non-hydrogen) atoms. The lowest BCUT2D eigenvalue weighted by Crippen LogP contribution is -2.61. The van der Waals surface area contributed by atoms with E-state index in [4.69, 9.17) is 0 Å². The Morgan fingerprint density at radius 1 is 0.492 bits per heavy atom. The summed E-state index contributed by atoms with van der Waals surface area (Å²) in [7, 11) is 0. The second kappa shape index (κ2) is 32.0. The molecule has 0 radical (unpaired) electrons. The largest absolute Gasteiger partial charge is 0.394 e. The Bertz CT molecular complexity index is 1260. The van der Waals surface area contributed by atoms with Crippen molar-refractivity contribution >= 4 is 41.4 Å². The van der Waals surface area contributed by atoms with Crippen LogP contribution in [-0.2, 0) is 33.6 Å². The molecular weight excluding hydrogens is 759 g/mol. The Balaban J connectivity index is 5.05. The quantitative estimate of drug-likeness (QED) is 0.0441. The number of hydrogen-bond acceptors (Lipinski definition) is 9. The van der Waals surface area contributed by atoms with Crippen molar-refractivity contribution in [1.29, 1.82) is 0 Å². The second-order valence-corrected chi connectivity index (χ2v) is 16.7. The summed E-state index contributed by atoms with van der Waals surface area (Å²) in [5.74, 6) is -5.83. The first-order chi connectivity index (χ1) is 27.9. The molecule has 0 saturated carbocycles. The fraction of sp³-hybridized carbons (Fsp3) is 0.837. The maximum absolute atomic E-state index is 13.6. The van der Waals surface area contributed by atoms with Crippen LogP contribution in [-0.4, -0.2) is 108 Å². The molecule has 0 aliphatic carbocycles. The van der Waals surface area contributed by atoms with E-state index in [1.165, 1.54) is 78.1 Å². The van der Waals surface area contributed by atoms with E-state index in [1.54, 1.807) is 34.6 Å². The van der Waals surface area contributed by atoms with Gasteiger partial charge in [-0.05, 0) is 31.1 Å². The fourth-order valence-electron chi connectivity index (χ4n) is 6.50. The van der Waals surface area contributed by atoms with Gasteiger partial charge in [0, 0.05) is 13.5 Å². The molecule has 0 rings (SSSR count). The molecule has 342 valence electrons. The summed E-state index contributed by atoms with van der Waals surface area (Å²) in [6, 6.07) is -5.85. The van der Waals surface area contributed by atoms with Gasteiger partial charge in [-0.3, -0.25) is 33.6 Å². The molecule has 0 aliphatic rings. The minimum atomic E-state index is -1.28. The third-order valence-electron chi connectivity index (χ3n) is 10.5. The number of aliphatic hydroxyl groups excluding tert-OH is 2. The van der Waals surface area contributed by atoms with Crippen molar-refractivity contribution in [1.82, 2.24) is 37.2 Å². The van der Waals surface area contributed by atoms with Crippen molar-refractivity contribution in [3.63, 3.8) is 0 Å². The Morgan fingerprint density at radius 3 is 1.34 bits per heavy atom. The third-order valence-corrected chi connectivity index (χ3v) is 10.5. The zero-order chi connectivity index (χ0) is 44.9. The maximum atomic E-state index is 13.6. The van der Waals surface area contributed by atoms with E-state index in [2.05, 4.69) is 44.1 Å². The van der Waals surface area contributed by atoms with E-state index < -0.39 is 103 Å². The molecule has 0 aromatic carbocycles. The molecule has 7 atom stereocenters. The van der Waals surface area contributed by atoms with E-state index in [-0.39, 0.29) is 5.92 Å². The van der Waals surface area contributed by atoms with Gasteiger partial charge in [0.1, 0.15) is 30.2 Å². The topological polar surface area (TPSA) is 244 Å². The zero-order valence-corrected chi connectivity index (χ0v) is 37.7. The first kappa shape index (κ1) is 55.2. The lowest BCUT2D eigenvalue weighted by atomic mass is 9.95. The first-order valence-corrected chi connectivity index (χ1v) is 22.2. The minimum absolute atomic E-state index is 0.389. The van der Waals surface area contributed by atoms with Gasteiger partial charge in [-0.15, -0.1) is 0 Å². The number of unbranched alkanes of at least 4 members (excludes halogenated alkanes) is 13. The summed E-state index contributed by atoms with van der Waals surface area (Å²) < 4.78 is 0. The van der Waals surface area contributed by atoms with Crippen LogP contribution in [0.2, 0.25) is 0 Å². The van der Waals surface area contributed by atoms with Gasteiger partial charge in [0.2, 0.25) is 41.4 Å². The lowest BCUT2D eigenvalue weighted by molar-refractivity contribution is -0.136. The Morgan fingerprint density at radius 2 is 0.915 bits per heavy atom. The number of carbonyl (C=O) groups excluding carboxylic acids is 7. The van der Waals surface area contributed by atoms with Crippen LogP contribution < -0.4 is 37.2 Å². The number of rotatable bonds is 33. The third kappa shape index (κ3) is 24.2. The van der Waals surface area contributed by atoms with Crippen molar-refractivity contribution in [2.75, 3.05) is 19.7 Å². The molecule has 9 N–H and O–H groups in total. The molecular formula is C43H81N7O9.